The van der Waals surface area contributed by atoms with Crippen LogP contribution in [0.5, 0.6) is 11.5 Å². The fraction of sp³-hybridized carbons (Fsp3) is 0. The minimum atomic E-state index is -1.75. The molecule has 0 amide bonds. The topological polar surface area (TPSA) is 121 Å². The van der Waals surface area contributed by atoms with E-state index in [1.54, 1.807) is 0 Å². The highest BCUT2D eigenvalue weighted by atomic mass is 19.1. The first-order valence-electron chi connectivity index (χ1n) is 5.90. The molecule has 0 spiro atoms. The van der Waals surface area contributed by atoms with Crippen molar-refractivity contribution in [3.8, 4) is 11.5 Å². The van der Waals surface area contributed by atoms with Gasteiger partial charge in [-0.2, -0.15) is 0 Å². The fourth-order valence-electron chi connectivity index (χ4n) is 1.49. The second kappa shape index (κ2) is 7.76. The van der Waals surface area contributed by atoms with Crippen LogP contribution in [0.1, 0.15) is 0 Å². The average Bonchev–Trinajstić information content (AvgIpc) is 2.37. The zero-order chi connectivity index (χ0) is 16.9. The zero-order valence-electron chi connectivity index (χ0n) is 11.1. The Morgan fingerprint density at radius 1 is 0.591 bits per heavy atom. The molecule has 22 heavy (non-hydrogen) atoms. The molecule has 0 heterocycles. The Morgan fingerprint density at radius 2 is 0.909 bits per heavy atom. The molecule has 0 bridgehead atoms. The number of rotatable bonds is 2. The quantitative estimate of drug-likeness (QED) is 0.372. The third-order valence-electron chi connectivity index (χ3n) is 2.41. The molecular weight excluding hydrogens is 300 g/mol. The van der Waals surface area contributed by atoms with Crippen molar-refractivity contribution in [3.05, 3.63) is 48.0 Å². The highest BCUT2D eigenvalue weighted by Crippen LogP contribution is 2.08. The highest BCUT2D eigenvalue weighted by Gasteiger charge is 2.13. The lowest BCUT2D eigenvalue weighted by Gasteiger charge is -1.99. The van der Waals surface area contributed by atoms with Crippen molar-refractivity contribution in [2.75, 3.05) is 0 Å². The highest BCUT2D eigenvalue weighted by molar-refractivity contribution is 6.59. The first-order chi connectivity index (χ1) is 10.2. The third kappa shape index (κ3) is 5.70. The minimum Gasteiger partial charge on any atom is -0.508 e. The molecular formula is C12H12B2F2O6. The Morgan fingerprint density at radius 3 is 1.14 bits per heavy atom. The van der Waals surface area contributed by atoms with Crippen LogP contribution in [0.4, 0.5) is 8.78 Å². The van der Waals surface area contributed by atoms with Gasteiger partial charge in [-0.05, 0) is 35.2 Å². The van der Waals surface area contributed by atoms with Gasteiger partial charge in [0.2, 0.25) is 0 Å². The second-order valence-electron chi connectivity index (χ2n) is 4.23. The van der Waals surface area contributed by atoms with Crippen LogP contribution < -0.4 is 10.9 Å². The Hall–Kier alpha value is -2.13. The van der Waals surface area contributed by atoms with Crippen molar-refractivity contribution in [3.63, 3.8) is 0 Å². The molecule has 0 saturated heterocycles. The fourth-order valence-corrected chi connectivity index (χ4v) is 1.49. The van der Waals surface area contributed by atoms with Crippen LogP contribution in [0.2, 0.25) is 0 Å². The molecule has 2 aromatic rings. The summed E-state index contributed by atoms with van der Waals surface area (Å²) in [4.78, 5) is 0. The second-order valence-corrected chi connectivity index (χ2v) is 4.23. The number of hydrogen-bond donors (Lipinski definition) is 6. The monoisotopic (exact) mass is 312 g/mol. The van der Waals surface area contributed by atoms with Crippen molar-refractivity contribution < 1.29 is 39.1 Å². The van der Waals surface area contributed by atoms with Crippen molar-refractivity contribution in [1.82, 2.24) is 0 Å². The molecule has 6 nitrogen and oxygen atoms in total. The molecule has 0 unspecified atom stereocenters. The van der Waals surface area contributed by atoms with E-state index in [0.717, 1.165) is 36.4 Å². The van der Waals surface area contributed by atoms with E-state index < -0.39 is 25.9 Å². The van der Waals surface area contributed by atoms with Gasteiger partial charge in [-0.15, -0.1) is 0 Å². The summed E-state index contributed by atoms with van der Waals surface area (Å²) in [6.45, 7) is 0. The predicted molar refractivity (Wildman–Crippen MR) is 75.8 cm³/mol. The van der Waals surface area contributed by atoms with Gasteiger partial charge in [0, 0.05) is 12.1 Å². The number of benzene rings is 2. The van der Waals surface area contributed by atoms with Crippen LogP contribution in [0, 0.1) is 11.6 Å². The molecule has 0 saturated carbocycles. The summed E-state index contributed by atoms with van der Waals surface area (Å²) in [5, 5.41) is 51.8. The van der Waals surface area contributed by atoms with Gasteiger partial charge >= 0.3 is 14.2 Å². The molecule has 0 fully saturated rings. The van der Waals surface area contributed by atoms with E-state index in [1.807, 2.05) is 0 Å². The van der Waals surface area contributed by atoms with Crippen LogP contribution in [-0.2, 0) is 0 Å². The summed E-state index contributed by atoms with van der Waals surface area (Å²) in [6.07, 6.45) is 0. The third-order valence-corrected chi connectivity index (χ3v) is 2.41. The van der Waals surface area contributed by atoms with Crippen LogP contribution in [-0.4, -0.2) is 44.5 Å². The predicted octanol–water partition coefficient (Wildman–Crippen LogP) is -1.58. The number of halogens is 2. The number of aromatic hydroxyl groups is 2. The smallest absolute Gasteiger partial charge is 0.488 e. The van der Waals surface area contributed by atoms with Gasteiger partial charge in [0.15, 0.2) is 0 Å². The van der Waals surface area contributed by atoms with Crippen molar-refractivity contribution in [2.45, 2.75) is 0 Å². The Bertz CT molecular complexity index is 543. The number of phenolic OH excluding ortho intramolecular Hbond substituents is 2. The maximum Gasteiger partial charge on any atom is 0.488 e. The summed E-state index contributed by atoms with van der Waals surface area (Å²) >= 11 is 0. The van der Waals surface area contributed by atoms with E-state index in [2.05, 4.69) is 0 Å². The SMILES string of the molecule is OB(O)c1cc(O)cc(F)c1.OB(O)c1cc(O)cc(F)c1. The molecule has 0 radical (unpaired) electrons. The molecule has 2 rings (SSSR count). The summed E-state index contributed by atoms with van der Waals surface area (Å²) < 4.78 is 24.8. The summed E-state index contributed by atoms with van der Waals surface area (Å²) in [5.41, 5.74) is -0.134. The lowest BCUT2D eigenvalue weighted by atomic mass is 9.80. The molecule has 10 heteroatoms. The molecule has 6 N–H and O–H groups in total. The number of phenols is 2. The molecule has 0 aliphatic heterocycles. The summed E-state index contributed by atoms with van der Waals surface area (Å²) in [7, 11) is -3.51. The Labute approximate surface area is 124 Å². The average molecular weight is 312 g/mol. The first-order valence-corrected chi connectivity index (χ1v) is 5.90. The molecule has 0 atom stereocenters. The summed E-state index contributed by atoms with van der Waals surface area (Å²) in [5.74, 6) is -2.05. The maximum absolute atomic E-state index is 12.4. The van der Waals surface area contributed by atoms with Gasteiger partial charge in [0.25, 0.3) is 0 Å². The van der Waals surface area contributed by atoms with Crippen molar-refractivity contribution >= 4 is 25.2 Å². The molecule has 0 aliphatic carbocycles. The van der Waals surface area contributed by atoms with E-state index in [-0.39, 0.29) is 22.4 Å². The Kier molecular flexibility index (Phi) is 6.32. The van der Waals surface area contributed by atoms with E-state index >= 15 is 0 Å². The maximum atomic E-state index is 12.4. The lowest BCUT2D eigenvalue weighted by Crippen LogP contribution is -2.29. The van der Waals surface area contributed by atoms with Gasteiger partial charge in [-0.3, -0.25) is 0 Å². The lowest BCUT2D eigenvalue weighted by molar-refractivity contribution is 0.423. The van der Waals surface area contributed by atoms with Crippen LogP contribution in [0.3, 0.4) is 0 Å². The molecule has 0 aromatic heterocycles. The molecule has 0 aliphatic rings. The number of hydrogen-bond acceptors (Lipinski definition) is 6. The van der Waals surface area contributed by atoms with Crippen LogP contribution in [0.25, 0.3) is 0 Å². The van der Waals surface area contributed by atoms with E-state index in [1.165, 1.54) is 0 Å². The van der Waals surface area contributed by atoms with Crippen LogP contribution in [0.15, 0.2) is 36.4 Å². The normalized spacial score (nSPS) is 9.73. The van der Waals surface area contributed by atoms with Crippen LogP contribution >= 0.6 is 0 Å². The first kappa shape index (κ1) is 17.9. The summed E-state index contributed by atoms with van der Waals surface area (Å²) in [6, 6.07) is 5.79. The van der Waals surface area contributed by atoms with Gasteiger partial charge in [0.05, 0.1) is 0 Å². The van der Waals surface area contributed by atoms with E-state index in [9.17, 15) is 8.78 Å². The van der Waals surface area contributed by atoms with Crippen molar-refractivity contribution in [2.24, 2.45) is 0 Å². The van der Waals surface area contributed by atoms with Gasteiger partial charge in [0.1, 0.15) is 23.1 Å². The van der Waals surface area contributed by atoms with E-state index in [0.29, 0.717) is 0 Å². The van der Waals surface area contributed by atoms with Gasteiger partial charge in [-0.25, -0.2) is 8.78 Å². The van der Waals surface area contributed by atoms with Crippen molar-refractivity contribution in [1.29, 1.82) is 0 Å². The standard InChI is InChI=1S/2C6H6BFO3/c2*8-5-1-4(7(10)11)2-6(9)3-5/h2*1-3,9-11H. The Balaban J connectivity index is 0.000000220. The van der Waals surface area contributed by atoms with Gasteiger partial charge < -0.3 is 30.3 Å². The zero-order valence-corrected chi connectivity index (χ0v) is 11.1. The van der Waals surface area contributed by atoms with E-state index in [4.69, 9.17) is 30.3 Å². The largest absolute Gasteiger partial charge is 0.508 e. The molecule has 116 valence electrons. The molecule has 2 aromatic carbocycles. The van der Waals surface area contributed by atoms with Gasteiger partial charge in [-0.1, -0.05) is 0 Å². The minimum absolute atomic E-state index is 0.0671.